The number of nitrogens with zero attached hydrogens (tertiary/aromatic N) is 1. The monoisotopic (exact) mass is 461 g/mol. The van der Waals surface area contributed by atoms with Crippen LogP contribution in [0.5, 0.6) is 5.88 Å². The standard InChI is InChI=1S/C27H28FN3O3/c1-3-29-25(32)22-7-5-4-6-21(22)20-13-23(27(31-15-20)34-16-18-10-11-18)26(33)30-14-19-9-8-17(2)24(28)12-19/h4-9,12-13,15,18H,3,10-11,14,16H2,1-2H3,(H,29,32)(H,30,33). The zero-order valence-electron chi connectivity index (χ0n) is 19.4. The lowest BCUT2D eigenvalue weighted by atomic mass is 9.99. The molecule has 176 valence electrons. The van der Waals surface area contributed by atoms with Crippen LogP contribution in [0.25, 0.3) is 11.1 Å². The maximum atomic E-state index is 13.9. The number of aryl methyl sites for hydroxylation is 1. The Kier molecular flexibility index (Phi) is 7.21. The van der Waals surface area contributed by atoms with Crippen molar-refractivity contribution in [2.24, 2.45) is 5.92 Å². The Balaban J connectivity index is 1.62. The van der Waals surface area contributed by atoms with Gasteiger partial charge in [-0.05, 0) is 67.5 Å². The quantitative estimate of drug-likeness (QED) is 0.486. The highest BCUT2D eigenvalue weighted by Crippen LogP contribution is 2.31. The zero-order chi connectivity index (χ0) is 24.1. The Morgan fingerprint density at radius 3 is 2.56 bits per heavy atom. The lowest BCUT2D eigenvalue weighted by Crippen LogP contribution is -2.24. The van der Waals surface area contributed by atoms with E-state index in [4.69, 9.17) is 4.74 Å². The summed E-state index contributed by atoms with van der Waals surface area (Å²) < 4.78 is 19.8. The molecule has 2 aromatic carbocycles. The van der Waals surface area contributed by atoms with Gasteiger partial charge in [0.25, 0.3) is 11.8 Å². The second-order valence-corrected chi connectivity index (χ2v) is 8.50. The third-order valence-corrected chi connectivity index (χ3v) is 5.76. The molecule has 0 atom stereocenters. The van der Waals surface area contributed by atoms with Crippen LogP contribution in [0.3, 0.4) is 0 Å². The van der Waals surface area contributed by atoms with Crippen LogP contribution in [-0.4, -0.2) is 29.9 Å². The molecule has 1 saturated carbocycles. The maximum Gasteiger partial charge on any atom is 0.257 e. The predicted octanol–water partition coefficient (Wildman–Crippen LogP) is 4.66. The van der Waals surface area contributed by atoms with E-state index in [0.717, 1.165) is 12.8 Å². The van der Waals surface area contributed by atoms with E-state index < -0.39 is 0 Å². The van der Waals surface area contributed by atoms with Gasteiger partial charge in [0.2, 0.25) is 5.88 Å². The Hall–Kier alpha value is -3.74. The van der Waals surface area contributed by atoms with Gasteiger partial charge in [0.05, 0.1) is 6.61 Å². The first-order valence-corrected chi connectivity index (χ1v) is 11.5. The number of aromatic nitrogens is 1. The largest absolute Gasteiger partial charge is 0.477 e. The highest BCUT2D eigenvalue weighted by molar-refractivity contribution is 6.02. The lowest BCUT2D eigenvalue weighted by molar-refractivity contribution is 0.0941. The van der Waals surface area contributed by atoms with Gasteiger partial charge in [0.1, 0.15) is 11.4 Å². The maximum absolute atomic E-state index is 13.9. The normalized spacial score (nSPS) is 12.8. The molecule has 7 heteroatoms. The van der Waals surface area contributed by atoms with Crippen molar-refractivity contribution in [3.8, 4) is 17.0 Å². The number of ether oxygens (including phenoxy) is 1. The molecule has 0 spiro atoms. The molecule has 1 aliphatic carbocycles. The van der Waals surface area contributed by atoms with Crippen molar-refractivity contribution in [1.29, 1.82) is 0 Å². The van der Waals surface area contributed by atoms with Crippen LogP contribution in [-0.2, 0) is 6.54 Å². The molecule has 2 N–H and O–H groups in total. The Morgan fingerprint density at radius 2 is 1.82 bits per heavy atom. The summed E-state index contributed by atoms with van der Waals surface area (Å²) in [5, 5.41) is 5.65. The first-order valence-electron chi connectivity index (χ1n) is 11.5. The third-order valence-electron chi connectivity index (χ3n) is 5.76. The van der Waals surface area contributed by atoms with Gasteiger partial charge in [-0.3, -0.25) is 9.59 Å². The number of benzene rings is 2. The van der Waals surface area contributed by atoms with E-state index in [1.54, 1.807) is 43.5 Å². The van der Waals surface area contributed by atoms with Crippen LogP contribution in [0.4, 0.5) is 4.39 Å². The molecule has 0 bridgehead atoms. The van der Waals surface area contributed by atoms with Crippen LogP contribution in [0.1, 0.15) is 51.6 Å². The molecule has 1 aromatic heterocycles. The fourth-order valence-electron chi connectivity index (χ4n) is 3.57. The van der Waals surface area contributed by atoms with Gasteiger partial charge in [-0.25, -0.2) is 9.37 Å². The number of rotatable bonds is 9. The van der Waals surface area contributed by atoms with Crippen molar-refractivity contribution in [1.82, 2.24) is 15.6 Å². The summed E-state index contributed by atoms with van der Waals surface area (Å²) in [6.07, 6.45) is 3.84. The molecule has 1 heterocycles. The SMILES string of the molecule is CCNC(=O)c1ccccc1-c1cnc(OCC2CC2)c(C(=O)NCc2ccc(C)c(F)c2)c1. The van der Waals surface area contributed by atoms with Gasteiger partial charge in [-0.2, -0.15) is 0 Å². The average Bonchev–Trinajstić information content (AvgIpc) is 3.68. The summed E-state index contributed by atoms with van der Waals surface area (Å²) in [5.74, 6) is -0.146. The predicted molar refractivity (Wildman–Crippen MR) is 128 cm³/mol. The van der Waals surface area contributed by atoms with Crippen LogP contribution >= 0.6 is 0 Å². The molecule has 1 aliphatic rings. The smallest absolute Gasteiger partial charge is 0.257 e. The summed E-state index contributed by atoms with van der Waals surface area (Å²) in [6, 6.07) is 13.8. The molecular formula is C27H28FN3O3. The van der Waals surface area contributed by atoms with Gasteiger partial charge in [-0.1, -0.05) is 30.3 Å². The topological polar surface area (TPSA) is 80.3 Å². The van der Waals surface area contributed by atoms with Crippen molar-refractivity contribution < 1.29 is 18.7 Å². The fraction of sp³-hybridized carbons (Fsp3) is 0.296. The Morgan fingerprint density at radius 1 is 1.06 bits per heavy atom. The van der Waals surface area contributed by atoms with Crippen molar-refractivity contribution in [2.75, 3.05) is 13.2 Å². The summed E-state index contributed by atoms with van der Waals surface area (Å²) >= 11 is 0. The van der Waals surface area contributed by atoms with E-state index in [-0.39, 0.29) is 35.6 Å². The zero-order valence-corrected chi connectivity index (χ0v) is 19.4. The number of hydrogen-bond acceptors (Lipinski definition) is 4. The van der Waals surface area contributed by atoms with E-state index in [0.29, 0.717) is 46.9 Å². The van der Waals surface area contributed by atoms with E-state index >= 15 is 0 Å². The van der Waals surface area contributed by atoms with E-state index in [2.05, 4.69) is 15.6 Å². The average molecular weight is 462 g/mol. The van der Waals surface area contributed by atoms with Crippen molar-refractivity contribution in [2.45, 2.75) is 33.2 Å². The van der Waals surface area contributed by atoms with Gasteiger partial charge < -0.3 is 15.4 Å². The number of halogens is 1. The first kappa shape index (κ1) is 23.4. The minimum atomic E-state index is -0.378. The molecule has 34 heavy (non-hydrogen) atoms. The van der Waals surface area contributed by atoms with Crippen LogP contribution in [0, 0.1) is 18.7 Å². The van der Waals surface area contributed by atoms with Gasteiger partial charge in [-0.15, -0.1) is 0 Å². The molecule has 0 aliphatic heterocycles. The highest BCUT2D eigenvalue weighted by Gasteiger charge is 2.24. The molecular weight excluding hydrogens is 433 g/mol. The summed E-state index contributed by atoms with van der Waals surface area (Å²) in [6.45, 7) is 4.73. The minimum absolute atomic E-state index is 0.165. The number of amides is 2. The molecule has 3 aromatic rings. The molecule has 0 unspecified atom stereocenters. The molecule has 4 rings (SSSR count). The molecule has 0 radical (unpaired) electrons. The second-order valence-electron chi connectivity index (χ2n) is 8.50. The summed E-state index contributed by atoms with van der Waals surface area (Å²) in [5.41, 5.74) is 3.28. The van der Waals surface area contributed by atoms with Gasteiger partial charge >= 0.3 is 0 Å². The summed E-state index contributed by atoms with van der Waals surface area (Å²) in [7, 11) is 0. The van der Waals surface area contributed by atoms with Crippen molar-refractivity contribution in [3.63, 3.8) is 0 Å². The molecule has 1 fully saturated rings. The van der Waals surface area contributed by atoms with Gasteiger partial charge in [0.15, 0.2) is 0 Å². The van der Waals surface area contributed by atoms with Crippen molar-refractivity contribution in [3.05, 3.63) is 82.8 Å². The van der Waals surface area contributed by atoms with E-state index in [9.17, 15) is 14.0 Å². The Bertz CT molecular complexity index is 1210. The molecule has 2 amide bonds. The number of carbonyl (C=O) groups excluding carboxylic acids is 2. The van der Waals surface area contributed by atoms with Crippen LogP contribution in [0.2, 0.25) is 0 Å². The number of nitrogens with one attached hydrogen (secondary N) is 2. The Labute approximate surface area is 198 Å². The van der Waals surface area contributed by atoms with Gasteiger partial charge in [0, 0.05) is 30.4 Å². The molecule has 6 nitrogen and oxygen atoms in total. The molecule has 0 saturated heterocycles. The summed E-state index contributed by atoms with van der Waals surface area (Å²) in [4.78, 5) is 30.1. The lowest BCUT2D eigenvalue weighted by Gasteiger charge is -2.14. The second kappa shape index (κ2) is 10.5. The fourth-order valence-corrected chi connectivity index (χ4v) is 3.57. The van der Waals surface area contributed by atoms with E-state index in [1.807, 2.05) is 19.1 Å². The number of carbonyl (C=O) groups is 2. The highest BCUT2D eigenvalue weighted by atomic mass is 19.1. The minimum Gasteiger partial charge on any atom is -0.477 e. The van der Waals surface area contributed by atoms with E-state index in [1.165, 1.54) is 6.07 Å². The first-order chi connectivity index (χ1) is 16.5. The van der Waals surface area contributed by atoms with Crippen LogP contribution in [0.15, 0.2) is 54.7 Å². The third kappa shape index (κ3) is 5.60. The number of pyridine rings is 1. The number of hydrogen-bond donors (Lipinski definition) is 2. The van der Waals surface area contributed by atoms with Crippen molar-refractivity contribution >= 4 is 11.8 Å². The van der Waals surface area contributed by atoms with Crippen LogP contribution < -0.4 is 15.4 Å².